The van der Waals surface area contributed by atoms with Crippen molar-refractivity contribution in [3.63, 3.8) is 0 Å². The van der Waals surface area contributed by atoms with E-state index >= 15 is 0 Å². The Morgan fingerprint density at radius 2 is 1.73 bits per heavy atom. The van der Waals surface area contributed by atoms with Crippen LogP contribution in [0.1, 0.15) is 20.8 Å². The van der Waals surface area contributed by atoms with Crippen LogP contribution in [0.15, 0.2) is 0 Å². The van der Waals surface area contributed by atoms with Gasteiger partial charge in [0.25, 0.3) is 0 Å². The van der Waals surface area contributed by atoms with Gasteiger partial charge in [0.1, 0.15) is 10.5 Å². The molecule has 0 aromatic heterocycles. The molecule has 0 fully saturated rings. The average Bonchev–Trinajstić information content (AvgIpc) is 2.28. The Kier molecular flexibility index (Phi) is 6.23. The quantitative estimate of drug-likeness (QED) is 0.479. The number of hydrogen-bond acceptors (Lipinski definition) is 4. The molecule has 0 radical (unpaired) electrons. The highest BCUT2D eigenvalue weighted by molar-refractivity contribution is 6.71. The van der Waals surface area contributed by atoms with Crippen molar-refractivity contribution >= 4 is 19.0 Å². The summed E-state index contributed by atoms with van der Waals surface area (Å²) in [6.07, 6.45) is 0. The third-order valence-corrected chi connectivity index (χ3v) is 9.49. The van der Waals surface area contributed by atoms with Crippen molar-refractivity contribution in [2.75, 3.05) is 27.3 Å². The first kappa shape index (κ1) is 15.3. The highest BCUT2D eigenvalue weighted by Crippen LogP contribution is 2.28. The number of hydrogen-bond donors (Lipinski definition) is 0. The predicted octanol–water partition coefficient (Wildman–Crippen LogP) is 0.245. The van der Waals surface area contributed by atoms with Gasteiger partial charge in [0.05, 0.1) is 0 Å². The smallest absolute Gasteiger partial charge is 0.372 e. The van der Waals surface area contributed by atoms with Crippen molar-refractivity contribution in [3.8, 4) is 0 Å². The fourth-order valence-corrected chi connectivity index (χ4v) is 5.71. The molecular formula is C9H25NO3Si2. The molecule has 0 aliphatic heterocycles. The summed E-state index contributed by atoms with van der Waals surface area (Å²) in [5.41, 5.74) is 0. The van der Waals surface area contributed by atoms with Gasteiger partial charge in [-0.2, -0.15) is 0 Å². The van der Waals surface area contributed by atoms with Crippen molar-refractivity contribution in [1.82, 2.24) is 4.90 Å². The van der Waals surface area contributed by atoms with Gasteiger partial charge in [-0.25, -0.2) is 0 Å². The van der Waals surface area contributed by atoms with E-state index in [1.807, 2.05) is 0 Å². The van der Waals surface area contributed by atoms with Crippen molar-refractivity contribution in [2.24, 2.45) is 0 Å². The Morgan fingerprint density at radius 3 is 1.93 bits per heavy atom. The number of rotatable bonds is 7. The predicted molar refractivity (Wildman–Crippen MR) is 68.0 cm³/mol. The van der Waals surface area contributed by atoms with Crippen LogP contribution < -0.4 is 0 Å². The van der Waals surface area contributed by atoms with Crippen LogP contribution in [0.3, 0.4) is 0 Å². The first-order valence-corrected chi connectivity index (χ1v) is 8.49. The molecule has 0 saturated heterocycles. The molecule has 0 spiro atoms. The van der Waals surface area contributed by atoms with Crippen molar-refractivity contribution in [1.29, 1.82) is 0 Å². The molecule has 2 unspecified atom stereocenters. The fraction of sp³-hybridized carbons (Fsp3) is 1.00. The van der Waals surface area contributed by atoms with Gasteiger partial charge in [-0.05, 0) is 26.6 Å². The largest absolute Gasteiger partial charge is 0.442 e. The Labute approximate surface area is 97.7 Å². The van der Waals surface area contributed by atoms with E-state index in [2.05, 4.69) is 32.2 Å². The van der Waals surface area contributed by atoms with Crippen LogP contribution in [0.25, 0.3) is 0 Å². The maximum Gasteiger partial charge on any atom is 0.372 e. The summed E-state index contributed by atoms with van der Waals surface area (Å²) < 4.78 is 17.0. The zero-order valence-corrected chi connectivity index (χ0v) is 14.1. The average molecular weight is 251 g/mol. The van der Waals surface area contributed by atoms with E-state index in [0.717, 1.165) is 13.1 Å². The topological polar surface area (TPSA) is 30.9 Å². The minimum Gasteiger partial charge on any atom is -0.442 e. The number of nitrogens with zero attached hydrogens (tertiary/aromatic N) is 1. The minimum absolute atomic E-state index is 0.424. The van der Waals surface area contributed by atoms with Gasteiger partial charge in [0, 0.05) is 14.2 Å². The minimum atomic E-state index is -2.29. The van der Waals surface area contributed by atoms with E-state index < -0.39 is 13.9 Å². The second-order valence-electron chi connectivity index (χ2n) is 3.71. The Balaban J connectivity index is 5.12. The lowest BCUT2D eigenvalue weighted by atomic mass is 10.4. The molecule has 0 N–H and O–H groups in total. The molecule has 0 amide bonds. The van der Waals surface area contributed by atoms with Crippen molar-refractivity contribution < 1.29 is 13.3 Å². The Bertz CT molecular complexity index is 186. The zero-order chi connectivity index (χ0) is 12.1. The van der Waals surface area contributed by atoms with E-state index in [-0.39, 0.29) is 0 Å². The molecule has 0 aliphatic rings. The van der Waals surface area contributed by atoms with Crippen LogP contribution >= 0.6 is 0 Å². The summed E-state index contributed by atoms with van der Waals surface area (Å²) in [6, 6.07) is 0. The normalized spacial score (nSPS) is 20.2. The summed E-state index contributed by atoms with van der Waals surface area (Å²) in [6.45, 7) is 10.2. The van der Waals surface area contributed by atoms with E-state index in [1.165, 1.54) is 0 Å². The summed E-state index contributed by atoms with van der Waals surface area (Å²) in [7, 11) is 1.82. The lowest BCUT2D eigenvalue weighted by molar-refractivity contribution is -0.0846. The lowest BCUT2D eigenvalue weighted by Gasteiger charge is -2.47. The molecular weight excluding hydrogens is 226 g/mol. The van der Waals surface area contributed by atoms with Crippen LogP contribution in [0.5, 0.6) is 0 Å². The van der Waals surface area contributed by atoms with E-state index in [9.17, 15) is 0 Å². The van der Waals surface area contributed by atoms with E-state index in [1.54, 1.807) is 14.2 Å². The molecule has 4 nitrogen and oxygen atoms in total. The maximum atomic E-state index is 5.72. The van der Waals surface area contributed by atoms with Gasteiger partial charge in [0.2, 0.25) is 0 Å². The van der Waals surface area contributed by atoms with Gasteiger partial charge < -0.3 is 13.3 Å². The molecule has 6 heteroatoms. The van der Waals surface area contributed by atoms with Crippen molar-refractivity contribution in [2.45, 2.75) is 32.7 Å². The molecule has 0 heterocycles. The molecule has 0 aromatic rings. The summed E-state index contributed by atoms with van der Waals surface area (Å²) in [5.74, 6) is 0. The maximum absolute atomic E-state index is 5.72. The monoisotopic (exact) mass is 251 g/mol. The fourth-order valence-electron chi connectivity index (χ4n) is 1.89. The van der Waals surface area contributed by atoms with Gasteiger partial charge in [-0.3, -0.25) is 4.90 Å². The number of methoxy groups -OCH3 is 1. The molecule has 15 heavy (non-hydrogen) atoms. The first-order valence-electron chi connectivity index (χ1n) is 5.36. The summed E-state index contributed by atoms with van der Waals surface area (Å²) in [5, 5.41) is -0.424. The molecule has 92 valence electrons. The SMILES string of the molecule is CCN(CC)C(C)(OC)[Si](C)(OC)O[SiH3]. The summed E-state index contributed by atoms with van der Waals surface area (Å²) in [4.78, 5) is 2.25. The molecule has 2 atom stereocenters. The van der Waals surface area contributed by atoms with Crippen LogP contribution in [0.2, 0.25) is 6.55 Å². The molecule has 0 rings (SSSR count). The standard InChI is InChI=1S/C9H25NO3Si2/c1-7-10(8-2)9(3,11-4)15(6,12-5)13-14/h7-8H2,1-6,14H3. The second-order valence-corrected chi connectivity index (χ2v) is 8.57. The Morgan fingerprint density at radius 1 is 1.27 bits per heavy atom. The van der Waals surface area contributed by atoms with Gasteiger partial charge >= 0.3 is 8.56 Å². The molecule has 0 saturated carbocycles. The van der Waals surface area contributed by atoms with Crippen LogP contribution in [-0.4, -0.2) is 56.6 Å². The molecule has 0 aromatic carbocycles. The first-order chi connectivity index (χ1) is 6.95. The van der Waals surface area contributed by atoms with Gasteiger partial charge in [-0.1, -0.05) is 13.8 Å². The van der Waals surface area contributed by atoms with Crippen LogP contribution in [-0.2, 0) is 13.3 Å². The highest BCUT2D eigenvalue weighted by atomic mass is 28.4. The zero-order valence-electron chi connectivity index (χ0n) is 11.1. The summed E-state index contributed by atoms with van der Waals surface area (Å²) >= 11 is 0. The third kappa shape index (κ3) is 2.69. The third-order valence-electron chi connectivity index (χ3n) is 3.39. The Hall–Kier alpha value is 0.274. The van der Waals surface area contributed by atoms with Gasteiger partial charge in [-0.15, -0.1) is 0 Å². The molecule has 0 aliphatic carbocycles. The van der Waals surface area contributed by atoms with E-state index in [4.69, 9.17) is 13.3 Å². The second kappa shape index (κ2) is 6.12. The highest BCUT2D eigenvalue weighted by Gasteiger charge is 2.53. The molecule has 0 bridgehead atoms. The van der Waals surface area contributed by atoms with E-state index in [0.29, 0.717) is 10.5 Å². The number of ether oxygens (including phenoxy) is 1. The van der Waals surface area contributed by atoms with Crippen LogP contribution in [0, 0.1) is 0 Å². The van der Waals surface area contributed by atoms with Crippen LogP contribution in [0.4, 0.5) is 0 Å². The van der Waals surface area contributed by atoms with Crippen molar-refractivity contribution in [3.05, 3.63) is 0 Å². The van der Waals surface area contributed by atoms with Gasteiger partial charge in [0.15, 0.2) is 5.35 Å². The lowest BCUT2D eigenvalue weighted by Crippen LogP contribution is -2.68.